The Labute approximate surface area is 193 Å². The molecule has 1 N–H and O–H groups in total. The van der Waals surface area contributed by atoms with Gasteiger partial charge in [-0.1, -0.05) is 44.2 Å². The molecular formula is C25H29N3O5. The third-order valence-electron chi connectivity index (χ3n) is 4.99. The molecule has 1 amide bonds. The first-order chi connectivity index (χ1) is 15.9. The third-order valence-corrected chi connectivity index (χ3v) is 4.99. The van der Waals surface area contributed by atoms with Gasteiger partial charge >= 0.3 is 5.97 Å². The van der Waals surface area contributed by atoms with Crippen molar-refractivity contribution in [3.8, 4) is 17.2 Å². The molecule has 174 valence electrons. The van der Waals surface area contributed by atoms with E-state index < -0.39 is 5.97 Å². The number of para-hydroxylation sites is 1. The van der Waals surface area contributed by atoms with Crippen molar-refractivity contribution < 1.29 is 23.8 Å². The Morgan fingerprint density at radius 3 is 2.36 bits per heavy atom. The van der Waals surface area contributed by atoms with Gasteiger partial charge in [0.15, 0.2) is 12.4 Å². The number of ether oxygens (including phenoxy) is 3. The summed E-state index contributed by atoms with van der Waals surface area (Å²) in [6.07, 6.45) is 1.57. The summed E-state index contributed by atoms with van der Waals surface area (Å²) >= 11 is 0. The Bertz CT molecular complexity index is 1060. The van der Waals surface area contributed by atoms with Crippen molar-refractivity contribution in [2.45, 2.75) is 26.8 Å². The Kier molecular flexibility index (Phi) is 8.07. The molecule has 0 saturated heterocycles. The summed E-state index contributed by atoms with van der Waals surface area (Å²) in [5.74, 6) is 0.154. The number of hydrogen-bond acceptors (Lipinski definition) is 6. The van der Waals surface area contributed by atoms with Crippen LogP contribution in [0.3, 0.4) is 0 Å². The van der Waals surface area contributed by atoms with E-state index in [9.17, 15) is 9.59 Å². The molecule has 0 aliphatic carbocycles. The van der Waals surface area contributed by atoms with Crippen molar-refractivity contribution in [2.24, 2.45) is 5.92 Å². The summed E-state index contributed by atoms with van der Waals surface area (Å²) < 4.78 is 17.5. The quantitative estimate of drug-likeness (QED) is 0.469. The van der Waals surface area contributed by atoms with Crippen molar-refractivity contribution in [3.05, 3.63) is 72.1 Å². The zero-order chi connectivity index (χ0) is 23.8. The fourth-order valence-corrected chi connectivity index (χ4v) is 3.32. The molecule has 33 heavy (non-hydrogen) atoms. The molecule has 3 rings (SSSR count). The highest BCUT2D eigenvalue weighted by atomic mass is 16.5. The van der Waals surface area contributed by atoms with Gasteiger partial charge in [0.05, 0.1) is 31.6 Å². The molecule has 0 spiro atoms. The summed E-state index contributed by atoms with van der Waals surface area (Å²) in [5.41, 5.74) is 1.73. The fraction of sp³-hybridized carbons (Fsp3) is 0.320. The van der Waals surface area contributed by atoms with Crippen LogP contribution in [-0.4, -0.2) is 42.0 Å². The SMILES string of the molecule is CCOC(=O)c1nn(-c2ccccc2)cc1OCC(=O)NC(c1ccc(OC)cc1)C(C)C. The summed E-state index contributed by atoms with van der Waals surface area (Å²) in [5, 5.41) is 7.31. The molecule has 0 bridgehead atoms. The van der Waals surface area contributed by atoms with Gasteiger partial charge in [0.25, 0.3) is 5.91 Å². The van der Waals surface area contributed by atoms with Gasteiger partial charge in [-0.05, 0) is 42.7 Å². The van der Waals surface area contributed by atoms with Crippen LogP contribution in [0, 0.1) is 5.92 Å². The number of nitrogens with zero attached hydrogens (tertiary/aromatic N) is 2. The van der Waals surface area contributed by atoms with E-state index in [-0.39, 0.29) is 42.5 Å². The van der Waals surface area contributed by atoms with E-state index in [0.29, 0.717) is 0 Å². The van der Waals surface area contributed by atoms with Crippen LogP contribution in [0.5, 0.6) is 11.5 Å². The molecule has 0 fully saturated rings. The summed E-state index contributed by atoms with van der Waals surface area (Å²) in [7, 11) is 1.61. The highest BCUT2D eigenvalue weighted by molar-refractivity contribution is 5.90. The molecule has 8 nitrogen and oxygen atoms in total. The van der Waals surface area contributed by atoms with Gasteiger partial charge in [0.1, 0.15) is 5.75 Å². The van der Waals surface area contributed by atoms with E-state index in [4.69, 9.17) is 14.2 Å². The second kappa shape index (κ2) is 11.2. The summed E-state index contributed by atoms with van der Waals surface area (Å²) in [4.78, 5) is 25.1. The van der Waals surface area contributed by atoms with Crippen LogP contribution in [0.1, 0.15) is 42.9 Å². The molecule has 0 radical (unpaired) electrons. The minimum absolute atomic E-state index is 0.0177. The first-order valence-corrected chi connectivity index (χ1v) is 10.8. The topological polar surface area (TPSA) is 91.7 Å². The predicted molar refractivity (Wildman–Crippen MR) is 124 cm³/mol. The van der Waals surface area contributed by atoms with Crippen LogP contribution in [0.4, 0.5) is 0 Å². The molecule has 0 aliphatic rings. The highest BCUT2D eigenvalue weighted by Crippen LogP contribution is 2.24. The van der Waals surface area contributed by atoms with E-state index in [1.165, 1.54) is 4.68 Å². The summed E-state index contributed by atoms with van der Waals surface area (Å²) in [6, 6.07) is 16.7. The number of carbonyl (C=O) groups is 2. The molecule has 1 heterocycles. The van der Waals surface area contributed by atoms with Crippen LogP contribution < -0.4 is 14.8 Å². The Balaban J connectivity index is 1.73. The molecular weight excluding hydrogens is 422 g/mol. The van der Waals surface area contributed by atoms with Crippen molar-refractivity contribution in [1.82, 2.24) is 15.1 Å². The van der Waals surface area contributed by atoms with Crippen molar-refractivity contribution >= 4 is 11.9 Å². The van der Waals surface area contributed by atoms with Gasteiger partial charge in [0, 0.05) is 0 Å². The van der Waals surface area contributed by atoms with E-state index in [0.717, 1.165) is 17.0 Å². The molecule has 2 aromatic carbocycles. The maximum absolute atomic E-state index is 12.7. The first-order valence-electron chi connectivity index (χ1n) is 10.8. The standard InChI is InChI=1S/C25H29N3O5/c1-5-32-25(30)24-21(15-28(27-24)19-9-7-6-8-10-19)33-16-22(29)26-23(17(2)3)18-11-13-20(31-4)14-12-18/h6-15,17,23H,5,16H2,1-4H3,(H,26,29). The minimum atomic E-state index is -0.610. The number of carbonyl (C=O) groups excluding carboxylic acids is 2. The maximum Gasteiger partial charge on any atom is 0.362 e. The third kappa shape index (κ3) is 6.12. The van der Waals surface area contributed by atoms with E-state index in [1.807, 2.05) is 68.4 Å². The van der Waals surface area contributed by atoms with E-state index in [1.54, 1.807) is 20.2 Å². The fourth-order valence-electron chi connectivity index (χ4n) is 3.32. The monoisotopic (exact) mass is 451 g/mol. The lowest BCUT2D eigenvalue weighted by Gasteiger charge is -2.23. The van der Waals surface area contributed by atoms with E-state index in [2.05, 4.69) is 10.4 Å². The van der Waals surface area contributed by atoms with Gasteiger partial charge in [-0.2, -0.15) is 5.10 Å². The number of aromatic nitrogens is 2. The number of benzene rings is 2. The van der Waals surface area contributed by atoms with Crippen molar-refractivity contribution in [1.29, 1.82) is 0 Å². The van der Waals surface area contributed by atoms with Crippen LogP contribution in [-0.2, 0) is 9.53 Å². The van der Waals surface area contributed by atoms with Gasteiger partial charge in [0.2, 0.25) is 5.69 Å². The van der Waals surface area contributed by atoms with Gasteiger partial charge in [-0.3, -0.25) is 4.79 Å². The number of esters is 1. The zero-order valence-corrected chi connectivity index (χ0v) is 19.3. The second-order valence-corrected chi connectivity index (χ2v) is 7.69. The number of nitrogens with one attached hydrogen (secondary N) is 1. The Hall–Kier alpha value is -3.81. The lowest BCUT2D eigenvalue weighted by atomic mass is 9.96. The summed E-state index contributed by atoms with van der Waals surface area (Å²) in [6.45, 7) is 5.70. The molecule has 3 aromatic rings. The smallest absolute Gasteiger partial charge is 0.362 e. The van der Waals surface area contributed by atoms with E-state index >= 15 is 0 Å². The number of rotatable bonds is 10. The average Bonchev–Trinajstić information content (AvgIpc) is 3.26. The van der Waals surface area contributed by atoms with Gasteiger partial charge in [-0.15, -0.1) is 0 Å². The normalized spacial score (nSPS) is 11.7. The van der Waals surface area contributed by atoms with Crippen LogP contribution in [0.25, 0.3) is 5.69 Å². The highest BCUT2D eigenvalue weighted by Gasteiger charge is 2.23. The lowest BCUT2D eigenvalue weighted by Crippen LogP contribution is -2.35. The molecule has 1 atom stereocenters. The van der Waals surface area contributed by atoms with Crippen molar-refractivity contribution in [2.75, 3.05) is 20.3 Å². The minimum Gasteiger partial charge on any atom is -0.497 e. The Morgan fingerprint density at radius 2 is 1.76 bits per heavy atom. The Morgan fingerprint density at radius 1 is 1.06 bits per heavy atom. The second-order valence-electron chi connectivity index (χ2n) is 7.69. The van der Waals surface area contributed by atoms with Crippen LogP contribution >= 0.6 is 0 Å². The predicted octanol–water partition coefficient (Wildman–Crippen LogP) is 3.95. The lowest BCUT2D eigenvalue weighted by molar-refractivity contribution is -0.124. The van der Waals surface area contributed by atoms with Gasteiger partial charge < -0.3 is 19.5 Å². The number of hydrogen-bond donors (Lipinski definition) is 1. The zero-order valence-electron chi connectivity index (χ0n) is 19.3. The first kappa shape index (κ1) is 23.8. The molecule has 1 aromatic heterocycles. The largest absolute Gasteiger partial charge is 0.497 e. The molecule has 8 heteroatoms. The molecule has 0 aliphatic heterocycles. The van der Waals surface area contributed by atoms with Crippen LogP contribution in [0.15, 0.2) is 60.8 Å². The van der Waals surface area contributed by atoms with Crippen molar-refractivity contribution in [3.63, 3.8) is 0 Å². The van der Waals surface area contributed by atoms with Gasteiger partial charge in [-0.25, -0.2) is 9.48 Å². The maximum atomic E-state index is 12.7. The number of amides is 1. The molecule has 1 unspecified atom stereocenters. The number of methoxy groups -OCH3 is 1. The van der Waals surface area contributed by atoms with Crippen LogP contribution in [0.2, 0.25) is 0 Å². The average molecular weight is 452 g/mol. The molecule has 0 saturated carbocycles.